The third kappa shape index (κ3) is 8.77. The molecule has 0 amide bonds. The van der Waals surface area contributed by atoms with E-state index in [4.69, 9.17) is 9.40 Å². The molecule has 16 aromatic carbocycles. The molecule has 0 spiro atoms. The molecule has 98 heavy (non-hydrogen) atoms. The van der Waals surface area contributed by atoms with Crippen LogP contribution >= 0.6 is 0 Å². The summed E-state index contributed by atoms with van der Waals surface area (Å²) in [7, 11) is 0. The molecule has 0 saturated carbocycles. The van der Waals surface area contributed by atoms with Crippen molar-refractivity contribution in [2.45, 2.75) is 26.2 Å². The van der Waals surface area contributed by atoms with Crippen LogP contribution in [-0.4, -0.2) is 14.5 Å². The van der Waals surface area contributed by atoms with E-state index in [9.17, 15) is 0 Å². The lowest BCUT2D eigenvalue weighted by Gasteiger charge is -2.23. The lowest BCUT2D eigenvalue weighted by atomic mass is 9.81. The second-order valence-electron chi connectivity index (χ2n) is 27.6. The van der Waals surface area contributed by atoms with Crippen LogP contribution in [0.2, 0.25) is 0 Å². The smallest absolute Gasteiger partial charge is 0.143 e. The molecular formula is C94H61N3O. The summed E-state index contributed by atoms with van der Waals surface area (Å²) in [6.07, 6.45) is 5.74. The minimum Gasteiger partial charge on any atom is -0.455 e. The van der Waals surface area contributed by atoms with Crippen molar-refractivity contribution < 1.29 is 4.42 Å². The van der Waals surface area contributed by atoms with Gasteiger partial charge in [-0.15, -0.1) is 0 Å². The SMILES string of the molecule is CC(C)(C)c1cc2ccc3c(-c4ccc(-c5ccc(-c6ccc7c8ccccc8n(-c8ccc(-c9ccc%10ccc%11c(-c%12ccc(-c%13ccncc%13)cc%12)ccc%12ccc9c%10c%12%11)cc8)c7c6)cn5)cc4)cc(-c4cccc(-c5cccc6c5oc5ccccc56)c4)c4ccc(c1)c2c34. The highest BCUT2D eigenvalue weighted by atomic mass is 16.3. The first kappa shape index (κ1) is 55.9. The van der Waals surface area contributed by atoms with Crippen LogP contribution in [0.25, 0.3) is 203 Å². The molecule has 4 nitrogen and oxygen atoms in total. The summed E-state index contributed by atoms with van der Waals surface area (Å²) in [6, 6.07) is 110. The molecule has 4 heterocycles. The van der Waals surface area contributed by atoms with Gasteiger partial charge in [-0.25, -0.2) is 0 Å². The second-order valence-corrected chi connectivity index (χ2v) is 27.6. The number of benzene rings is 16. The van der Waals surface area contributed by atoms with Crippen LogP contribution in [0.15, 0.2) is 320 Å². The lowest BCUT2D eigenvalue weighted by molar-refractivity contribution is 0.591. The van der Waals surface area contributed by atoms with Gasteiger partial charge in [0.25, 0.3) is 0 Å². The molecule has 0 saturated heterocycles. The molecule has 20 aromatic rings. The van der Waals surface area contributed by atoms with E-state index in [2.05, 4.69) is 322 Å². The summed E-state index contributed by atoms with van der Waals surface area (Å²) in [5.41, 5.74) is 24.9. The van der Waals surface area contributed by atoms with E-state index in [1.54, 1.807) is 0 Å². The van der Waals surface area contributed by atoms with E-state index < -0.39 is 0 Å². The number of furan rings is 1. The average molecular weight is 1250 g/mol. The minimum atomic E-state index is 0.00921. The standard InChI is InChI=1S/C94H61N3O/c1-94(2,3)70-51-67-33-43-80-83(54-84(81-44-34-68(52-70)89(67)92(80)81)66-11-8-10-65(50-66)74-14-9-15-82-77-13-5-7-17-88(77)98-93(74)82)60-22-24-61(25-23-60)85-45-35-69(55-96-85)64-32-40-76-75-12-4-6-16-86(75)97(87(76)53-64)71-36-26-59(27-37-71)73-39-29-63-30-41-78-72(38-28-62-31-42-79(73)91(63)90(62)78)58-20-18-56(19-21-58)57-46-48-95-49-47-57/h4-55H,1-3H3. The molecule has 0 fully saturated rings. The number of nitrogens with zero attached hydrogens (tertiary/aromatic N) is 3. The van der Waals surface area contributed by atoms with Crippen LogP contribution in [0.5, 0.6) is 0 Å². The van der Waals surface area contributed by atoms with E-state index in [-0.39, 0.29) is 5.41 Å². The minimum absolute atomic E-state index is 0.00921. The molecule has 458 valence electrons. The zero-order valence-corrected chi connectivity index (χ0v) is 54.3. The maximum Gasteiger partial charge on any atom is 0.143 e. The van der Waals surface area contributed by atoms with Crippen molar-refractivity contribution in [3.63, 3.8) is 0 Å². The molecule has 0 unspecified atom stereocenters. The van der Waals surface area contributed by atoms with Crippen molar-refractivity contribution in [2.24, 2.45) is 0 Å². The summed E-state index contributed by atoms with van der Waals surface area (Å²) in [5.74, 6) is 0. The zero-order valence-electron chi connectivity index (χ0n) is 54.3. The van der Waals surface area contributed by atoms with E-state index in [1.165, 1.54) is 131 Å². The fourth-order valence-electron chi connectivity index (χ4n) is 16.1. The number of rotatable bonds is 9. The first-order valence-electron chi connectivity index (χ1n) is 33.9. The molecule has 0 N–H and O–H groups in total. The van der Waals surface area contributed by atoms with Crippen molar-refractivity contribution in [2.75, 3.05) is 0 Å². The number of para-hydroxylation sites is 3. The summed E-state index contributed by atoms with van der Waals surface area (Å²) in [6.45, 7) is 6.92. The highest BCUT2D eigenvalue weighted by molar-refractivity contribution is 6.30. The number of fused-ring (bicyclic) bond motifs is 6. The topological polar surface area (TPSA) is 43.9 Å². The van der Waals surface area contributed by atoms with E-state index in [1.807, 2.05) is 24.7 Å². The van der Waals surface area contributed by atoms with Crippen molar-refractivity contribution in [3.8, 4) is 94.8 Å². The molecule has 0 bridgehead atoms. The molecule has 20 rings (SSSR count). The number of aromatic nitrogens is 3. The maximum absolute atomic E-state index is 6.59. The average Bonchev–Trinajstić information content (AvgIpc) is 1.02. The lowest BCUT2D eigenvalue weighted by Crippen LogP contribution is -2.10. The first-order valence-corrected chi connectivity index (χ1v) is 33.9. The molecular weight excluding hydrogens is 1190 g/mol. The molecule has 0 aliphatic heterocycles. The highest BCUT2D eigenvalue weighted by Crippen LogP contribution is 2.48. The largest absolute Gasteiger partial charge is 0.455 e. The quantitative estimate of drug-likeness (QED) is 0.135. The Labute approximate surface area is 566 Å². The Morgan fingerprint density at radius 3 is 1.48 bits per heavy atom. The predicted molar refractivity (Wildman–Crippen MR) is 413 cm³/mol. The Balaban J connectivity index is 0.629. The summed E-state index contributed by atoms with van der Waals surface area (Å²) >= 11 is 0. The van der Waals surface area contributed by atoms with Gasteiger partial charge in [0, 0.05) is 62.5 Å². The highest BCUT2D eigenvalue weighted by Gasteiger charge is 2.23. The van der Waals surface area contributed by atoms with Gasteiger partial charge in [0.15, 0.2) is 0 Å². The van der Waals surface area contributed by atoms with Crippen LogP contribution in [0.4, 0.5) is 0 Å². The Bertz CT molecular complexity index is 6570. The summed E-state index contributed by atoms with van der Waals surface area (Å²) in [5, 5.41) is 20.0. The molecule has 4 heteroatoms. The van der Waals surface area contributed by atoms with Gasteiger partial charge < -0.3 is 8.98 Å². The van der Waals surface area contributed by atoms with Gasteiger partial charge in [0.1, 0.15) is 11.2 Å². The molecule has 4 aromatic heterocycles. The maximum atomic E-state index is 6.59. The van der Waals surface area contributed by atoms with Gasteiger partial charge in [0.2, 0.25) is 0 Å². The second kappa shape index (κ2) is 21.5. The van der Waals surface area contributed by atoms with Crippen LogP contribution in [0.1, 0.15) is 26.3 Å². The predicted octanol–water partition coefficient (Wildman–Crippen LogP) is 25.9. The van der Waals surface area contributed by atoms with Crippen LogP contribution in [0, 0.1) is 0 Å². The summed E-state index contributed by atoms with van der Waals surface area (Å²) < 4.78 is 9.01. The number of pyridine rings is 2. The molecule has 0 aliphatic carbocycles. The normalized spacial score (nSPS) is 12.2. The van der Waals surface area contributed by atoms with Gasteiger partial charge in [0.05, 0.1) is 16.7 Å². The van der Waals surface area contributed by atoms with Gasteiger partial charge in [-0.05, 0) is 203 Å². The van der Waals surface area contributed by atoms with Crippen molar-refractivity contribution >= 4 is 108 Å². The number of hydrogen-bond acceptors (Lipinski definition) is 3. The van der Waals surface area contributed by atoms with Gasteiger partial charge in [-0.3, -0.25) is 9.97 Å². The first-order chi connectivity index (χ1) is 48.2. The van der Waals surface area contributed by atoms with Crippen LogP contribution in [-0.2, 0) is 5.41 Å². The Morgan fingerprint density at radius 2 is 0.806 bits per heavy atom. The Hall–Kier alpha value is -12.5. The van der Waals surface area contributed by atoms with Crippen molar-refractivity contribution in [1.29, 1.82) is 0 Å². The number of hydrogen-bond donors (Lipinski definition) is 0. The monoisotopic (exact) mass is 1250 g/mol. The fraction of sp³-hybridized carbons (Fsp3) is 0.0426. The van der Waals surface area contributed by atoms with E-state index in [0.717, 1.165) is 77.8 Å². The van der Waals surface area contributed by atoms with Crippen molar-refractivity contribution in [3.05, 3.63) is 321 Å². The summed E-state index contributed by atoms with van der Waals surface area (Å²) in [4.78, 5) is 9.40. The van der Waals surface area contributed by atoms with E-state index in [0.29, 0.717) is 0 Å². The van der Waals surface area contributed by atoms with Crippen LogP contribution < -0.4 is 0 Å². The van der Waals surface area contributed by atoms with Crippen LogP contribution in [0.3, 0.4) is 0 Å². The van der Waals surface area contributed by atoms with Gasteiger partial charge >= 0.3 is 0 Å². The van der Waals surface area contributed by atoms with Crippen molar-refractivity contribution in [1.82, 2.24) is 14.5 Å². The molecule has 0 radical (unpaired) electrons. The third-order valence-corrected chi connectivity index (χ3v) is 21.0. The Morgan fingerprint density at radius 1 is 0.296 bits per heavy atom. The molecule has 0 aliphatic rings. The van der Waals surface area contributed by atoms with Gasteiger partial charge in [-0.2, -0.15) is 0 Å². The third-order valence-electron chi connectivity index (χ3n) is 21.0. The van der Waals surface area contributed by atoms with Gasteiger partial charge in [-0.1, -0.05) is 257 Å². The Kier molecular flexibility index (Phi) is 12.3. The van der Waals surface area contributed by atoms with E-state index >= 15 is 0 Å². The zero-order chi connectivity index (χ0) is 64.9. The fourth-order valence-corrected chi connectivity index (χ4v) is 16.1. The molecule has 0 atom stereocenters.